The number of morpholine rings is 1. The SMILES string of the molecule is CN([C@H]1CCN([C@H]2CC[C@H](Oc3cc(-n4c(C(F)F)nc5ccccc54)nc(N4CCOCC4)n3)CC2)C1=O)S(=O)(=O)C1CC1. The van der Waals surface area contributed by atoms with Crippen LogP contribution in [0.3, 0.4) is 0 Å². The molecule has 45 heavy (non-hydrogen) atoms. The molecule has 0 radical (unpaired) electrons. The van der Waals surface area contributed by atoms with Crippen molar-refractivity contribution in [1.82, 2.24) is 28.7 Å². The number of rotatable bonds is 9. The zero-order valence-electron chi connectivity index (χ0n) is 25.1. The monoisotopic (exact) mass is 645 g/mol. The number of nitrogens with zero attached hydrogens (tertiary/aromatic N) is 7. The van der Waals surface area contributed by atoms with Crippen LogP contribution in [-0.4, -0.2) is 106 Å². The maximum Gasteiger partial charge on any atom is 0.296 e. The number of carbonyl (C=O) groups is 1. The number of imidazole rings is 1. The Morgan fingerprint density at radius 3 is 2.42 bits per heavy atom. The fraction of sp³-hybridized carbons (Fsp3) is 0.600. The second-order valence-electron chi connectivity index (χ2n) is 12.2. The molecule has 3 aromatic rings. The molecule has 0 unspecified atom stereocenters. The number of aromatic nitrogens is 4. The van der Waals surface area contributed by atoms with Crippen molar-refractivity contribution < 1.29 is 31.5 Å². The van der Waals surface area contributed by atoms with Gasteiger partial charge in [0.05, 0.1) is 29.5 Å². The number of alkyl halides is 2. The molecule has 12 nitrogen and oxygen atoms in total. The number of anilines is 1. The van der Waals surface area contributed by atoms with Gasteiger partial charge in [0.2, 0.25) is 27.8 Å². The average Bonchev–Trinajstić information content (AvgIpc) is 3.75. The minimum atomic E-state index is -3.44. The van der Waals surface area contributed by atoms with Gasteiger partial charge in [-0.25, -0.2) is 22.2 Å². The van der Waals surface area contributed by atoms with E-state index in [2.05, 4.69) is 15.0 Å². The summed E-state index contributed by atoms with van der Waals surface area (Å²) in [6.45, 7) is 2.66. The minimum absolute atomic E-state index is 0.00941. The summed E-state index contributed by atoms with van der Waals surface area (Å²) in [7, 11) is -1.90. The fourth-order valence-corrected chi connectivity index (χ4v) is 8.48. The molecular weight excluding hydrogens is 608 g/mol. The van der Waals surface area contributed by atoms with Crippen LogP contribution in [0, 0.1) is 0 Å². The number of hydrogen-bond acceptors (Lipinski definition) is 9. The van der Waals surface area contributed by atoms with E-state index in [0.717, 1.165) is 0 Å². The highest BCUT2D eigenvalue weighted by molar-refractivity contribution is 7.90. The number of ether oxygens (including phenoxy) is 2. The highest BCUT2D eigenvalue weighted by atomic mass is 32.2. The number of para-hydroxylation sites is 2. The normalized spacial score (nSPS) is 24.7. The molecule has 2 saturated carbocycles. The van der Waals surface area contributed by atoms with Gasteiger partial charge in [0, 0.05) is 38.8 Å². The van der Waals surface area contributed by atoms with Gasteiger partial charge in [0.1, 0.15) is 18.0 Å². The Balaban J connectivity index is 1.09. The number of hydrogen-bond donors (Lipinski definition) is 0. The average molecular weight is 646 g/mol. The molecule has 2 aromatic heterocycles. The van der Waals surface area contributed by atoms with E-state index in [1.54, 1.807) is 30.3 Å². The minimum Gasteiger partial charge on any atom is -0.474 e. The quantitative estimate of drug-likeness (QED) is 0.345. The fourth-order valence-electron chi connectivity index (χ4n) is 6.72. The first-order chi connectivity index (χ1) is 21.7. The van der Waals surface area contributed by atoms with E-state index in [0.29, 0.717) is 94.8 Å². The molecule has 2 aliphatic carbocycles. The van der Waals surface area contributed by atoms with Crippen LogP contribution < -0.4 is 9.64 Å². The van der Waals surface area contributed by atoms with Crippen LogP contribution in [-0.2, 0) is 19.6 Å². The van der Waals surface area contributed by atoms with Gasteiger partial charge in [-0.2, -0.15) is 14.3 Å². The van der Waals surface area contributed by atoms with Gasteiger partial charge >= 0.3 is 0 Å². The molecule has 0 N–H and O–H groups in total. The molecule has 1 aromatic carbocycles. The van der Waals surface area contributed by atoms with Crippen LogP contribution in [0.15, 0.2) is 30.3 Å². The summed E-state index contributed by atoms with van der Waals surface area (Å²) in [5.41, 5.74) is 0.949. The van der Waals surface area contributed by atoms with E-state index in [4.69, 9.17) is 9.47 Å². The van der Waals surface area contributed by atoms with E-state index >= 15 is 0 Å². The van der Waals surface area contributed by atoms with Gasteiger partial charge < -0.3 is 19.3 Å². The van der Waals surface area contributed by atoms with Gasteiger partial charge in [0.15, 0.2) is 5.82 Å². The number of amides is 1. The lowest BCUT2D eigenvalue weighted by atomic mass is 9.92. The van der Waals surface area contributed by atoms with Crippen LogP contribution in [0.2, 0.25) is 0 Å². The Morgan fingerprint density at radius 1 is 0.978 bits per heavy atom. The van der Waals surface area contributed by atoms with Crippen molar-refractivity contribution in [2.45, 2.75) is 74.8 Å². The van der Waals surface area contributed by atoms with E-state index < -0.39 is 28.3 Å². The molecule has 0 spiro atoms. The van der Waals surface area contributed by atoms with Crippen molar-refractivity contribution in [3.63, 3.8) is 0 Å². The van der Waals surface area contributed by atoms with Crippen molar-refractivity contribution in [2.75, 3.05) is 44.8 Å². The van der Waals surface area contributed by atoms with Crippen LogP contribution >= 0.6 is 0 Å². The Bertz CT molecular complexity index is 1670. The zero-order chi connectivity index (χ0) is 31.3. The first-order valence-electron chi connectivity index (χ1n) is 15.6. The van der Waals surface area contributed by atoms with Crippen molar-refractivity contribution in [2.24, 2.45) is 0 Å². The second kappa shape index (κ2) is 12.1. The summed E-state index contributed by atoms with van der Waals surface area (Å²) in [5, 5.41) is -0.350. The summed E-state index contributed by atoms with van der Waals surface area (Å²) in [6.07, 6.45) is 1.55. The molecule has 1 atom stereocenters. The van der Waals surface area contributed by atoms with Gasteiger partial charge in [-0.1, -0.05) is 12.1 Å². The molecule has 2 saturated heterocycles. The van der Waals surface area contributed by atoms with Crippen molar-refractivity contribution >= 4 is 32.9 Å². The van der Waals surface area contributed by atoms with Crippen LogP contribution in [0.5, 0.6) is 5.88 Å². The summed E-state index contributed by atoms with van der Waals surface area (Å²) in [4.78, 5) is 30.7. The third-order valence-corrected chi connectivity index (χ3v) is 11.7. The van der Waals surface area contributed by atoms with Gasteiger partial charge in [-0.05, 0) is 57.1 Å². The molecular formula is C30H37F2N7O5S. The summed E-state index contributed by atoms with van der Waals surface area (Å²) < 4.78 is 68.4. The molecule has 4 aliphatic rings. The highest BCUT2D eigenvalue weighted by Gasteiger charge is 2.47. The van der Waals surface area contributed by atoms with Crippen LogP contribution in [0.1, 0.15) is 57.2 Å². The number of benzene rings is 1. The Labute approximate surface area is 260 Å². The Morgan fingerprint density at radius 2 is 1.71 bits per heavy atom. The predicted molar refractivity (Wildman–Crippen MR) is 161 cm³/mol. The lowest BCUT2D eigenvalue weighted by Gasteiger charge is -2.35. The van der Waals surface area contributed by atoms with Gasteiger partial charge in [0.25, 0.3) is 6.43 Å². The van der Waals surface area contributed by atoms with Crippen molar-refractivity contribution in [1.29, 1.82) is 0 Å². The third kappa shape index (κ3) is 5.85. The number of sulfonamides is 1. The molecule has 4 heterocycles. The van der Waals surface area contributed by atoms with Crippen molar-refractivity contribution in [3.8, 4) is 11.7 Å². The number of likely N-dealkylation sites (N-methyl/N-ethyl adjacent to an activating group) is 1. The Kier molecular flexibility index (Phi) is 8.10. The second-order valence-corrected chi connectivity index (χ2v) is 14.5. The molecule has 0 bridgehead atoms. The molecule has 1 amide bonds. The van der Waals surface area contributed by atoms with Crippen LogP contribution in [0.4, 0.5) is 14.7 Å². The smallest absolute Gasteiger partial charge is 0.296 e. The van der Waals surface area contributed by atoms with Gasteiger partial charge in [-0.3, -0.25) is 9.36 Å². The lowest BCUT2D eigenvalue weighted by molar-refractivity contribution is -0.133. The zero-order valence-corrected chi connectivity index (χ0v) is 25.9. The largest absolute Gasteiger partial charge is 0.474 e. The van der Waals surface area contributed by atoms with Crippen molar-refractivity contribution in [3.05, 3.63) is 36.2 Å². The Hall–Kier alpha value is -3.43. The summed E-state index contributed by atoms with van der Waals surface area (Å²) in [6, 6.07) is 7.90. The van der Waals surface area contributed by atoms with Crippen LogP contribution in [0.25, 0.3) is 16.9 Å². The molecule has 4 fully saturated rings. The number of likely N-dealkylation sites (tertiary alicyclic amines) is 1. The predicted octanol–water partition coefficient (Wildman–Crippen LogP) is 3.30. The molecule has 15 heteroatoms. The van der Waals surface area contributed by atoms with E-state index in [-0.39, 0.29) is 35.0 Å². The molecule has 2 aliphatic heterocycles. The maximum atomic E-state index is 14.2. The maximum absolute atomic E-state index is 14.2. The van der Waals surface area contributed by atoms with E-state index in [1.165, 1.54) is 15.9 Å². The summed E-state index contributed by atoms with van der Waals surface area (Å²) in [5.74, 6) is 0.379. The standard InChI is InChI=1S/C30H37F2N7O5S/c1-36(45(41,42)21-10-11-21)24-12-13-38(29(24)40)19-6-8-20(9-7-19)44-26-18-25(34-30(35-26)37-14-16-43-17-15-37)39-23-5-3-2-4-22(23)33-28(39)27(31)32/h2-5,18-21,24,27H,6-17H2,1H3/t19-,20-,24-/m0/s1. The first-order valence-corrected chi connectivity index (χ1v) is 17.1. The third-order valence-electron chi connectivity index (χ3n) is 9.35. The van der Waals surface area contributed by atoms with E-state index in [1.807, 2.05) is 9.80 Å². The summed E-state index contributed by atoms with van der Waals surface area (Å²) >= 11 is 0. The number of halogens is 2. The highest BCUT2D eigenvalue weighted by Crippen LogP contribution is 2.36. The molecule has 7 rings (SSSR count). The first kappa shape index (κ1) is 30.2. The lowest BCUT2D eigenvalue weighted by Crippen LogP contribution is -2.47. The van der Waals surface area contributed by atoms with Gasteiger partial charge in [-0.15, -0.1) is 0 Å². The topological polar surface area (TPSA) is 123 Å². The number of fused-ring (bicyclic) bond motifs is 1. The number of carbonyl (C=O) groups excluding carboxylic acids is 1. The van der Waals surface area contributed by atoms with E-state index in [9.17, 15) is 22.0 Å². The molecule has 242 valence electrons.